The second-order valence-electron chi connectivity index (χ2n) is 5.41. The third-order valence-corrected chi connectivity index (χ3v) is 4.00. The average molecular weight is 399 g/mol. The number of nitrogens with one attached hydrogen (secondary N) is 3. The van der Waals surface area contributed by atoms with Gasteiger partial charge in [-0.25, -0.2) is 0 Å². The lowest BCUT2D eigenvalue weighted by Crippen LogP contribution is -2.34. The Morgan fingerprint density at radius 2 is 1.74 bits per heavy atom. The van der Waals surface area contributed by atoms with Gasteiger partial charge in [-0.2, -0.15) is 24.5 Å². The molecule has 0 saturated carbocycles. The number of rotatable bonds is 7. The lowest BCUT2D eigenvalue weighted by molar-refractivity contribution is -0.123. The topological polar surface area (TPSA) is 87.3 Å². The maximum atomic E-state index is 12.2. The number of hydrogen-bond acceptors (Lipinski definition) is 4. The summed E-state index contributed by atoms with van der Waals surface area (Å²) in [4.78, 5) is 35.7. The zero-order valence-electron chi connectivity index (χ0n) is 13.9. The molecule has 144 valence electrons. The monoisotopic (exact) mass is 399 g/mol. The van der Waals surface area contributed by atoms with Crippen LogP contribution < -0.4 is 16.0 Å². The minimum absolute atomic E-state index is 0.0611. The van der Waals surface area contributed by atoms with Crippen LogP contribution in [0.1, 0.15) is 27.1 Å². The highest BCUT2D eigenvalue weighted by molar-refractivity contribution is 7.08. The van der Waals surface area contributed by atoms with Gasteiger partial charge in [0.2, 0.25) is 5.91 Å². The van der Waals surface area contributed by atoms with Crippen LogP contribution in [0.2, 0.25) is 0 Å². The van der Waals surface area contributed by atoms with Gasteiger partial charge in [0, 0.05) is 23.9 Å². The molecule has 0 fully saturated rings. The van der Waals surface area contributed by atoms with E-state index in [0.29, 0.717) is 5.56 Å². The van der Waals surface area contributed by atoms with Crippen LogP contribution in [0.4, 0.5) is 18.9 Å². The molecule has 0 spiro atoms. The second-order valence-corrected chi connectivity index (χ2v) is 6.19. The molecule has 10 heteroatoms. The van der Waals surface area contributed by atoms with Crippen molar-refractivity contribution in [2.75, 3.05) is 18.4 Å². The van der Waals surface area contributed by atoms with E-state index in [-0.39, 0.29) is 30.1 Å². The van der Waals surface area contributed by atoms with E-state index in [9.17, 15) is 27.6 Å². The van der Waals surface area contributed by atoms with E-state index in [4.69, 9.17) is 0 Å². The van der Waals surface area contributed by atoms with Crippen LogP contribution in [0.3, 0.4) is 0 Å². The molecule has 3 N–H and O–H groups in total. The number of thiophene rings is 1. The SMILES string of the molecule is O=C(CCNC(=O)c1ccsc1)Nc1ccccc1C(=O)NCC(F)(F)F. The van der Waals surface area contributed by atoms with E-state index >= 15 is 0 Å². The number of amides is 3. The summed E-state index contributed by atoms with van der Waals surface area (Å²) in [5, 5.41) is 10.2. The maximum Gasteiger partial charge on any atom is 0.405 e. The third kappa shape index (κ3) is 6.74. The van der Waals surface area contributed by atoms with Gasteiger partial charge in [-0.05, 0) is 23.6 Å². The van der Waals surface area contributed by atoms with Crippen molar-refractivity contribution in [3.63, 3.8) is 0 Å². The minimum atomic E-state index is -4.53. The largest absolute Gasteiger partial charge is 0.405 e. The van der Waals surface area contributed by atoms with Crippen LogP contribution in [0.5, 0.6) is 0 Å². The summed E-state index contributed by atoms with van der Waals surface area (Å²) < 4.78 is 36.7. The van der Waals surface area contributed by atoms with Crippen molar-refractivity contribution in [2.24, 2.45) is 0 Å². The normalized spacial score (nSPS) is 10.9. The van der Waals surface area contributed by atoms with Gasteiger partial charge in [0.05, 0.1) is 11.3 Å². The summed E-state index contributed by atoms with van der Waals surface area (Å²) >= 11 is 1.37. The highest BCUT2D eigenvalue weighted by Gasteiger charge is 2.28. The fourth-order valence-electron chi connectivity index (χ4n) is 2.06. The van der Waals surface area contributed by atoms with E-state index in [0.717, 1.165) is 0 Å². The first-order chi connectivity index (χ1) is 12.8. The number of anilines is 1. The Bertz CT molecular complexity index is 807. The molecule has 0 radical (unpaired) electrons. The Balaban J connectivity index is 1.88. The zero-order chi connectivity index (χ0) is 19.9. The van der Waals surface area contributed by atoms with Crippen molar-refractivity contribution in [3.05, 3.63) is 52.2 Å². The van der Waals surface area contributed by atoms with Gasteiger partial charge in [-0.15, -0.1) is 0 Å². The second kappa shape index (κ2) is 9.17. The number of carbonyl (C=O) groups excluding carboxylic acids is 3. The first-order valence-electron chi connectivity index (χ1n) is 7.80. The first-order valence-corrected chi connectivity index (χ1v) is 8.75. The molecule has 2 aromatic rings. The van der Waals surface area contributed by atoms with Crippen molar-refractivity contribution >= 4 is 34.7 Å². The van der Waals surface area contributed by atoms with Crippen LogP contribution in [-0.2, 0) is 4.79 Å². The van der Waals surface area contributed by atoms with Gasteiger partial charge in [0.15, 0.2) is 0 Å². The molecule has 1 heterocycles. The number of carbonyl (C=O) groups is 3. The Morgan fingerprint density at radius 1 is 1.00 bits per heavy atom. The zero-order valence-corrected chi connectivity index (χ0v) is 14.7. The van der Waals surface area contributed by atoms with Crippen molar-refractivity contribution in [1.82, 2.24) is 10.6 Å². The molecule has 6 nitrogen and oxygen atoms in total. The fourth-order valence-corrected chi connectivity index (χ4v) is 2.70. The van der Waals surface area contributed by atoms with Gasteiger partial charge < -0.3 is 16.0 Å². The Kier molecular flexibility index (Phi) is 6.94. The van der Waals surface area contributed by atoms with Crippen LogP contribution >= 0.6 is 11.3 Å². The first kappa shape index (κ1) is 20.4. The number of alkyl halides is 3. The van der Waals surface area contributed by atoms with E-state index < -0.39 is 24.5 Å². The molecule has 0 atom stereocenters. The molecule has 1 aromatic heterocycles. The molecule has 0 bridgehead atoms. The Morgan fingerprint density at radius 3 is 2.41 bits per heavy atom. The molecule has 2 rings (SSSR count). The summed E-state index contributed by atoms with van der Waals surface area (Å²) in [5.74, 6) is -1.75. The van der Waals surface area contributed by atoms with Gasteiger partial charge >= 0.3 is 6.18 Å². The average Bonchev–Trinajstić information content (AvgIpc) is 3.14. The molecular formula is C17H16F3N3O3S. The van der Waals surface area contributed by atoms with Crippen LogP contribution in [0.25, 0.3) is 0 Å². The van der Waals surface area contributed by atoms with Gasteiger partial charge in [-0.1, -0.05) is 12.1 Å². The van der Waals surface area contributed by atoms with Crippen LogP contribution in [-0.4, -0.2) is 37.0 Å². The summed E-state index contributed by atoms with van der Waals surface area (Å²) in [7, 11) is 0. The molecular weight excluding hydrogens is 383 g/mol. The lowest BCUT2D eigenvalue weighted by Gasteiger charge is -2.12. The fraction of sp³-hybridized carbons (Fsp3) is 0.235. The van der Waals surface area contributed by atoms with Gasteiger partial charge in [0.25, 0.3) is 11.8 Å². The molecule has 0 aliphatic carbocycles. The number of para-hydroxylation sites is 1. The van der Waals surface area contributed by atoms with E-state index in [1.807, 2.05) is 0 Å². The van der Waals surface area contributed by atoms with E-state index in [1.165, 1.54) is 35.6 Å². The molecule has 3 amide bonds. The van der Waals surface area contributed by atoms with Gasteiger partial charge in [-0.3, -0.25) is 14.4 Å². The Labute approximate surface area is 156 Å². The minimum Gasteiger partial charge on any atom is -0.351 e. The van der Waals surface area contributed by atoms with Crippen molar-refractivity contribution in [3.8, 4) is 0 Å². The van der Waals surface area contributed by atoms with Crippen LogP contribution in [0, 0.1) is 0 Å². The molecule has 0 saturated heterocycles. The molecule has 0 aliphatic heterocycles. The number of benzene rings is 1. The third-order valence-electron chi connectivity index (χ3n) is 3.32. The molecule has 0 unspecified atom stereocenters. The predicted molar refractivity (Wildman–Crippen MR) is 94.7 cm³/mol. The molecule has 1 aromatic carbocycles. The van der Waals surface area contributed by atoms with E-state index in [2.05, 4.69) is 10.6 Å². The van der Waals surface area contributed by atoms with Crippen molar-refractivity contribution in [2.45, 2.75) is 12.6 Å². The number of hydrogen-bond donors (Lipinski definition) is 3. The summed E-state index contributed by atoms with van der Waals surface area (Å²) in [5.41, 5.74) is 0.496. The standard InChI is InChI=1S/C17H16F3N3O3S/c18-17(19,20)10-22-16(26)12-3-1-2-4-13(12)23-14(24)5-7-21-15(25)11-6-8-27-9-11/h1-4,6,8-9H,5,7,10H2,(H,21,25)(H,22,26)(H,23,24). The van der Waals surface area contributed by atoms with Crippen LogP contribution in [0.15, 0.2) is 41.1 Å². The quantitative estimate of drug-likeness (QED) is 0.669. The Hall–Kier alpha value is -2.88. The van der Waals surface area contributed by atoms with E-state index in [1.54, 1.807) is 22.1 Å². The number of halogens is 3. The highest BCUT2D eigenvalue weighted by Crippen LogP contribution is 2.17. The van der Waals surface area contributed by atoms with Crippen molar-refractivity contribution in [1.29, 1.82) is 0 Å². The molecule has 0 aliphatic rings. The van der Waals surface area contributed by atoms with Gasteiger partial charge in [0.1, 0.15) is 6.54 Å². The summed E-state index contributed by atoms with van der Waals surface area (Å²) in [6, 6.07) is 7.37. The summed E-state index contributed by atoms with van der Waals surface area (Å²) in [6.45, 7) is -1.40. The summed E-state index contributed by atoms with van der Waals surface area (Å²) in [6.07, 6.45) is -4.59. The highest BCUT2D eigenvalue weighted by atomic mass is 32.1. The predicted octanol–water partition coefficient (Wildman–Crippen LogP) is 2.80. The van der Waals surface area contributed by atoms with Crippen molar-refractivity contribution < 1.29 is 27.6 Å². The molecule has 27 heavy (non-hydrogen) atoms. The lowest BCUT2D eigenvalue weighted by atomic mass is 10.1. The maximum absolute atomic E-state index is 12.2. The smallest absolute Gasteiger partial charge is 0.351 e.